The molecule has 0 unspecified atom stereocenters. The van der Waals surface area contributed by atoms with Crippen LogP contribution in [0.25, 0.3) is 0 Å². The van der Waals surface area contributed by atoms with E-state index in [1.807, 2.05) is 12.1 Å². The Morgan fingerprint density at radius 3 is 2.32 bits per heavy atom. The fourth-order valence-electron chi connectivity index (χ4n) is 4.28. The summed E-state index contributed by atoms with van der Waals surface area (Å²) in [6, 6.07) is 14.3. The van der Waals surface area contributed by atoms with Crippen molar-refractivity contribution in [1.29, 1.82) is 0 Å². The smallest absolute Gasteiger partial charge is 0.420 e. The van der Waals surface area contributed by atoms with Crippen LogP contribution in [0, 0.1) is 0 Å². The lowest BCUT2D eigenvalue weighted by molar-refractivity contribution is -0.136. The van der Waals surface area contributed by atoms with Crippen LogP contribution in [-0.4, -0.2) is 53.2 Å². The van der Waals surface area contributed by atoms with Crippen LogP contribution >= 0.6 is 0 Å². The highest BCUT2D eigenvalue weighted by molar-refractivity contribution is 6.05. The lowest BCUT2D eigenvalue weighted by atomic mass is 10.0. The fraction of sp³-hybridized carbons (Fsp3) is 0.269. The number of nitrogens with zero attached hydrogens (tertiary/aromatic N) is 3. The van der Waals surface area contributed by atoms with Gasteiger partial charge in [0.1, 0.15) is 11.4 Å². The molecule has 1 aliphatic heterocycles. The van der Waals surface area contributed by atoms with Crippen molar-refractivity contribution in [2.45, 2.75) is 19.0 Å². The molecule has 37 heavy (non-hydrogen) atoms. The molecule has 2 amide bonds. The van der Waals surface area contributed by atoms with Crippen molar-refractivity contribution in [3.05, 3.63) is 83.0 Å². The quantitative estimate of drug-likeness (QED) is 0.447. The highest BCUT2D eigenvalue weighted by Gasteiger charge is 2.39. The summed E-state index contributed by atoms with van der Waals surface area (Å²) in [4.78, 5) is 30.8. The minimum absolute atomic E-state index is 0.0858. The predicted molar refractivity (Wildman–Crippen MR) is 134 cm³/mol. The molecule has 2 aromatic carbocycles. The average Bonchev–Trinajstić information content (AvgIpc) is 2.88. The second-order valence-corrected chi connectivity index (χ2v) is 8.70. The molecule has 3 aromatic rings. The zero-order chi connectivity index (χ0) is 26.6. The first-order valence-corrected chi connectivity index (χ1v) is 11.7. The minimum atomic E-state index is -4.74. The van der Waals surface area contributed by atoms with Crippen molar-refractivity contribution < 1.29 is 27.9 Å². The van der Waals surface area contributed by atoms with Gasteiger partial charge in [-0.05, 0) is 54.3 Å². The molecule has 0 aliphatic carbocycles. The second kappa shape index (κ2) is 10.8. The maximum atomic E-state index is 14.2. The Morgan fingerprint density at radius 2 is 1.68 bits per heavy atom. The Bertz CT molecular complexity index is 1270. The number of nitrogens with two attached hydrogens (primary N) is 1. The molecule has 0 radical (unpaired) electrons. The van der Waals surface area contributed by atoms with Crippen LogP contribution in [0.4, 0.5) is 35.2 Å². The van der Waals surface area contributed by atoms with Crippen molar-refractivity contribution in [1.82, 2.24) is 9.88 Å². The number of benzene rings is 2. The molecule has 8 nitrogen and oxygen atoms in total. The van der Waals surface area contributed by atoms with E-state index >= 15 is 0 Å². The molecule has 0 atom stereocenters. The standard InChI is InChI=1S/C26H26F3N5O3/c27-26(28,29)23-20(5-2-6-21(23)33-11-13-34(14-12-33)25(36)37)32-24(35)19-4-1-3-17(15-19)7-8-18-9-10-22(30)31-16-18/h1-6,9-10,15-16H,7-8,11-14H2,(H2,30,31)(H,32,35)(H,36,37). The number of piperazine rings is 1. The molecule has 1 aromatic heterocycles. The Labute approximate surface area is 211 Å². The topological polar surface area (TPSA) is 112 Å². The number of pyridine rings is 1. The van der Waals surface area contributed by atoms with Crippen molar-refractivity contribution in [3.63, 3.8) is 0 Å². The van der Waals surface area contributed by atoms with Gasteiger partial charge in [-0.3, -0.25) is 4.79 Å². The number of carbonyl (C=O) groups excluding carboxylic acids is 1. The van der Waals surface area contributed by atoms with E-state index in [4.69, 9.17) is 10.8 Å². The number of nitrogen functional groups attached to an aromatic ring is 1. The molecule has 1 aliphatic rings. The van der Waals surface area contributed by atoms with E-state index in [2.05, 4.69) is 10.3 Å². The molecule has 4 rings (SSSR count). The Hall–Kier alpha value is -4.28. The van der Waals surface area contributed by atoms with Gasteiger partial charge in [0.2, 0.25) is 0 Å². The van der Waals surface area contributed by atoms with Gasteiger partial charge in [-0.25, -0.2) is 9.78 Å². The van der Waals surface area contributed by atoms with Gasteiger partial charge in [-0.15, -0.1) is 0 Å². The summed E-state index contributed by atoms with van der Waals surface area (Å²) >= 11 is 0. The number of amides is 2. The van der Waals surface area contributed by atoms with Crippen LogP contribution in [0.5, 0.6) is 0 Å². The summed E-state index contributed by atoms with van der Waals surface area (Å²) in [6.45, 7) is 0.390. The molecule has 194 valence electrons. The Balaban J connectivity index is 1.52. The van der Waals surface area contributed by atoms with Gasteiger partial charge in [-0.1, -0.05) is 24.3 Å². The van der Waals surface area contributed by atoms with Crippen molar-refractivity contribution in [2.24, 2.45) is 0 Å². The summed E-state index contributed by atoms with van der Waals surface area (Å²) in [6.07, 6.45) is -2.90. The van der Waals surface area contributed by atoms with Crippen LogP contribution in [0.15, 0.2) is 60.8 Å². The van der Waals surface area contributed by atoms with Gasteiger partial charge < -0.3 is 26.0 Å². The minimum Gasteiger partial charge on any atom is -0.465 e. The third-order valence-corrected chi connectivity index (χ3v) is 6.20. The second-order valence-electron chi connectivity index (χ2n) is 8.70. The first-order chi connectivity index (χ1) is 17.6. The number of carbonyl (C=O) groups is 2. The number of nitrogens with one attached hydrogen (secondary N) is 1. The third-order valence-electron chi connectivity index (χ3n) is 6.20. The largest absolute Gasteiger partial charge is 0.465 e. The third kappa shape index (κ3) is 6.29. The number of anilines is 3. The molecular formula is C26H26F3N5O3. The molecule has 4 N–H and O–H groups in total. The zero-order valence-corrected chi connectivity index (χ0v) is 19.8. The summed E-state index contributed by atoms with van der Waals surface area (Å²) in [7, 11) is 0. The van der Waals surface area contributed by atoms with Gasteiger partial charge in [0.25, 0.3) is 5.91 Å². The number of alkyl halides is 3. The SMILES string of the molecule is Nc1ccc(CCc2cccc(C(=O)Nc3cccc(N4CCN(C(=O)O)CC4)c3C(F)(F)F)c2)cn1. The number of aromatic nitrogens is 1. The monoisotopic (exact) mass is 513 g/mol. The maximum absolute atomic E-state index is 14.2. The van der Waals surface area contributed by atoms with E-state index in [0.29, 0.717) is 18.7 Å². The Morgan fingerprint density at radius 1 is 0.973 bits per heavy atom. The van der Waals surface area contributed by atoms with E-state index < -0.39 is 23.7 Å². The van der Waals surface area contributed by atoms with E-state index in [1.165, 1.54) is 23.1 Å². The molecule has 0 spiro atoms. The molecule has 2 heterocycles. The van der Waals surface area contributed by atoms with Crippen molar-refractivity contribution in [3.8, 4) is 0 Å². The number of hydrogen-bond donors (Lipinski definition) is 3. The van der Waals surface area contributed by atoms with E-state index in [1.54, 1.807) is 30.5 Å². The Kier molecular flexibility index (Phi) is 7.51. The van der Waals surface area contributed by atoms with E-state index in [0.717, 1.165) is 16.0 Å². The van der Waals surface area contributed by atoms with E-state index in [-0.39, 0.29) is 43.1 Å². The zero-order valence-electron chi connectivity index (χ0n) is 19.8. The summed E-state index contributed by atoms with van der Waals surface area (Å²) < 4.78 is 42.5. The highest BCUT2D eigenvalue weighted by atomic mass is 19.4. The average molecular weight is 514 g/mol. The predicted octanol–water partition coefficient (Wildman–Crippen LogP) is 4.52. The molecule has 0 bridgehead atoms. The van der Waals surface area contributed by atoms with Gasteiger partial charge in [0, 0.05) is 37.9 Å². The number of halogens is 3. The number of aryl methyl sites for hydroxylation is 2. The first kappa shape index (κ1) is 25.8. The first-order valence-electron chi connectivity index (χ1n) is 11.7. The normalized spacial score (nSPS) is 13.9. The van der Waals surface area contributed by atoms with Gasteiger partial charge >= 0.3 is 12.3 Å². The van der Waals surface area contributed by atoms with Crippen LogP contribution in [0.2, 0.25) is 0 Å². The van der Waals surface area contributed by atoms with Crippen molar-refractivity contribution in [2.75, 3.05) is 42.1 Å². The lowest BCUT2D eigenvalue weighted by Crippen LogP contribution is -2.48. The summed E-state index contributed by atoms with van der Waals surface area (Å²) in [5.41, 5.74) is 6.26. The van der Waals surface area contributed by atoms with Crippen LogP contribution in [0.1, 0.15) is 27.0 Å². The molecule has 0 saturated carbocycles. The maximum Gasteiger partial charge on any atom is 0.420 e. The fourth-order valence-corrected chi connectivity index (χ4v) is 4.28. The molecular weight excluding hydrogens is 487 g/mol. The van der Waals surface area contributed by atoms with Crippen LogP contribution < -0.4 is 16.0 Å². The van der Waals surface area contributed by atoms with Crippen LogP contribution in [0.3, 0.4) is 0 Å². The number of carboxylic acid groups (broad SMARTS) is 1. The molecule has 11 heteroatoms. The van der Waals surface area contributed by atoms with Gasteiger partial charge in [0.05, 0.1) is 11.4 Å². The number of rotatable bonds is 6. The van der Waals surface area contributed by atoms with E-state index in [9.17, 15) is 22.8 Å². The highest BCUT2D eigenvalue weighted by Crippen LogP contribution is 2.42. The summed E-state index contributed by atoms with van der Waals surface area (Å²) in [5.74, 6) is -0.235. The van der Waals surface area contributed by atoms with Gasteiger partial charge in [-0.2, -0.15) is 13.2 Å². The molecule has 1 saturated heterocycles. The van der Waals surface area contributed by atoms with Crippen LogP contribution in [-0.2, 0) is 19.0 Å². The number of hydrogen-bond acceptors (Lipinski definition) is 5. The summed E-state index contributed by atoms with van der Waals surface area (Å²) in [5, 5.41) is 11.6. The lowest BCUT2D eigenvalue weighted by Gasteiger charge is -2.36. The van der Waals surface area contributed by atoms with Gasteiger partial charge in [0.15, 0.2) is 0 Å². The molecule has 1 fully saturated rings. The van der Waals surface area contributed by atoms with Crippen molar-refractivity contribution >= 4 is 29.2 Å².